The van der Waals surface area contributed by atoms with E-state index in [1.165, 1.54) is 12.5 Å². The minimum atomic E-state index is -0.0444. The van der Waals surface area contributed by atoms with Crippen LogP contribution in [0.5, 0.6) is 0 Å². The second kappa shape index (κ2) is 7.97. The number of rotatable bonds is 4. The molecule has 0 saturated carbocycles. The van der Waals surface area contributed by atoms with Crippen LogP contribution in [0.4, 0.5) is 0 Å². The highest BCUT2D eigenvalue weighted by molar-refractivity contribution is 5.94. The molecule has 4 nitrogen and oxygen atoms in total. The Balaban J connectivity index is 1.87. The molecule has 130 valence electrons. The van der Waals surface area contributed by atoms with Gasteiger partial charge >= 0.3 is 0 Å². The van der Waals surface area contributed by atoms with E-state index >= 15 is 0 Å². The number of hydrogen-bond acceptors (Lipinski definition) is 2. The topological polar surface area (TPSA) is 49.4 Å². The van der Waals surface area contributed by atoms with Crippen LogP contribution in [0.25, 0.3) is 0 Å². The Morgan fingerprint density at radius 1 is 1.04 bits per heavy atom. The molecule has 1 heterocycles. The monoisotopic (exact) mass is 336 g/mol. The Labute approximate surface area is 148 Å². The number of amides is 2. The summed E-state index contributed by atoms with van der Waals surface area (Å²) >= 11 is 0. The highest BCUT2D eigenvalue weighted by Gasteiger charge is 2.35. The average molecular weight is 336 g/mol. The SMILES string of the molecule is CC(=O)N[C@H]1CCCN(C(=O)c2ccccc2)[C@H]1Cc1ccccc1. The fraction of sp³-hybridized carbons (Fsp3) is 0.333. The number of carbonyl (C=O) groups is 2. The lowest BCUT2D eigenvalue weighted by Crippen LogP contribution is -2.57. The molecule has 1 saturated heterocycles. The van der Waals surface area contributed by atoms with Crippen molar-refractivity contribution in [2.24, 2.45) is 0 Å². The van der Waals surface area contributed by atoms with Gasteiger partial charge in [-0.2, -0.15) is 0 Å². The maximum Gasteiger partial charge on any atom is 0.254 e. The summed E-state index contributed by atoms with van der Waals surface area (Å²) in [7, 11) is 0. The molecule has 2 atom stereocenters. The molecule has 1 fully saturated rings. The van der Waals surface area contributed by atoms with Gasteiger partial charge in [0.25, 0.3) is 5.91 Å². The molecular formula is C21H24N2O2. The van der Waals surface area contributed by atoms with Crippen molar-refractivity contribution >= 4 is 11.8 Å². The van der Waals surface area contributed by atoms with E-state index in [1.54, 1.807) is 0 Å². The number of benzene rings is 2. The summed E-state index contributed by atoms with van der Waals surface area (Å²) in [5, 5.41) is 3.06. The summed E-state index contributed by atoms with van der Waals surface area (Å²) in [6.07, 6.45) is 2.54. The zero-order valence-corrected chi connectivity index (χ0v) is 14.5. The third-order valence-electron chi connectivity index (χ3n) is 4.74. The lowest BCUT2D eigenvalue weighted by atomic mass is 9.90. The molecule has 4 heteroatoms. The van der Waals surface area contributed by atoms with E-state index in [2.05, 4.69) is 17.4 Å². The van der Waals surface area contributed by atoms with Crippen LogP contribution in [-0.4, -0.2) is 35.3 Å². The van der Waals surface area contributed by atoms with E-state index in [0.29, 0.717) is 5.56 Å². The molecule has 1 aliphatic rings. The molecule has 0 bridgehead atoms. The van der Waals surface area contributed by atoms with Crippen molar-refractivity contribution in [3.05, 3.63) is 71.8 Å². The Morgan fingerprint density at radius 3 is 2.32 bits per heavy atom. The van der Waals surface area contributed by atoms with Crippen LogP contribution >= 0.6 is 0 Å². The summed E-state index contributed by atoms with van der Waals surface area (Å²) in [6.45, 7) is 2.26. The van der Waals surface area contributed by atoms with E-state index < -0.39 is 0 Å². The maximum atomic E-state index is 13.0. The van der Waals surface area contributed by atoms with Gasteiger partial charge < -0.3 is 10.2 Å². The smallest absolute Gasteiger partial charge is 0.254 e. The first-order valence-electron chi connectivity index (χ1n) is 8.82. The lowest BCUT2D eigenvalue weighted by molar-refractivity contribution is -0.120. The molecule has 25 heavy (non-hydrogen) atoms. The molecular weight excluding hydrogens is 312 g/mol. The molecule has 2 aromatic carbocycles. The van der Waals surface area contributed by atoms with Crippen LogP contribution in [0.2, 0.25) is 0 Å². The second-order valence-electron chi connectivity index (χ2n) is 6.57. The molecule has 0 radical (unpaired) electrons. The van der Waals surface area contributed by atoms with Crippen molar-refractivity contribution in [2.75, 3.05) is 6.54 Å². The van der Waals surface area contributed by atoms with Gasteiger partial charge in [0.1, 0.15) is 0 Å². The lowest BCUT2D eigenvalue weighted by Gasteiger charge is -2.42. The Bertz CT molecular complexity index is 715. The van der Waals surface area contributed by atoms with Crippen LogP contribution in [0.15, 0.2) is 60.7 Å². The van der Waals surface area contributed by atoms with E-state index in [0.717, 1.165) is 25.8 Å². The van der Waals surface area contributed by atoms with Crippen LogP contribution in [-0.2, 0) is 11.2 Å². The number of carbonyl (C=O) groups excluding carboxylic acids is 2. The molecule has 0 aliphatic carbocycles. The molecule has 2 amide bonds. The summed E-state index contributed by atoms with van der Waals surface area (Å²) in [5.74, 6) is -0.00588. The molecule has 1 aliphatic heterocycles. The number of nitrogens with zero attached hydrogens (tertiary/aromatic N) is 1. The van der Waals surface area contributed by atoms with Crippen molar-refractivity contribution in [3.8, 4) is 0 Å². The van der Waals surface area contributed by atoms with Crippen LogP contribution < -0.4 is 5.32 Å². The Kier molecular flexibility index (Phi) is 5.49. The summed E-state index contributed by atoms with van der Waals surface area (Å²) in [6, 6.07) is 19.5. The van der Waals surface area contributed by atoms with Gasteiger partial charge in [-0.1, -0.05) is 48.5 Å². The zero-order chi connectivity index (χ0) is 17.6. The van der Waals surface area contributed by atoms with Crippen molar-refractivity contribution in [1.29, 1.82) is 0 Å². The van der Waals surface area contributed by atoms with Gasteiger partial charge in [0.2, 0.25) is 5.91 Å². The highest BCUT2D eigenvalue weighted by atomic mass is 16.2. The zero-order valence-electron chi connectivity index (χ0n) is 14.5. The van der Waals surface area contributed by atoms with Crippen molar-refractivity contribution in [1.82, 2.24) is 10.2 Å². The van der Waals surface area contributed by atoms with Gasteiger partial charge in [-0.3, -0.25) is 9.59 Å². The third kappa shape index (κ3) is 4.27. The number of nitrogens with one attached hydrogen (secondary N) is 1. The highest BCUT2D eigenvalue weighted by Crippen LogP contribution is 2.23. The first kappa shape index (κ1) is 17.2. The maximum absolute atomic E-state index is 13.0. The normalized spacial score (nSPS) is 20.1. The van der Waals surface area contributed by atoms with Crippen LogP contribution in [0, 0.1) is 0 Å². The van der Waals surface area contributed by atoms with E-state index in [1.807, 2.05) is 53.4 Å². The van der Waals surface area contributed by atoms with Crippen molar-refractivity contribution in [3.63, 3.8) is 0 Å². The molecule has 3 rings (SSSR count). The van der Waals surface area contributed by atoms with Gasteiger partial charge in [0, 0.05) is 25.1 Å². The number of piperidine rings is 1. The molecule has 2 aromatic rings. The third-order valence-corrected chi connectivity index (χ3v) is 4.74. The van der Waals surface area contributed by atoms with Crippen LogP contribution in [0.3, 0.4) is 0 Å². The molecule has 0 spiro atoms. The second-order valence-corrected chi connectivity index (χ2v) is 6.57. The van der Waals surface area contributed by atoms with Gasteiger partial charge in [-0.25, -0.2) is 0 Å². The van der Waals surface area contributed by atoms with E-state index in [9.17, 15) is 9.59 Å². The predicted octanol–water partition coefficient (Wildman–Crippen LogP) is 3.04. The molecule has 0 aromatic heterocycles. The van der Waals surface area contributed by atoms with E-state index in [4.69, 9.17) is 0 Å². The van der Waals surface area contributed by atoms with Crippen molar-refractivity contribution in [2.45, 2.75) is 38.3 Å². The van der Waals surface area contributed by atoms with Crippen molar-refractivity contribution < 1.29 is 9.59 Å². The van der Waals surface area contributed by atoms with Gasteiger partial charge in [-0.15, -0.1) is 0 Å². The van der Waals surface area contributed by atoms with Gasteiger partial charge in [0.15, 0.2) is 0 Å². The van der Waals surface area contributed by atoms with Crippen LogP contribution in [0.1, 0.15) is 35.7 Å². The first-order chi connectivity index (χ1) is 12.1. The average Bonchev–Trinajstić information content (AvgIpc) is 2.64. The Morgan fingerprint density at radius 2 is 1.68 bits per heavy atom. The summed E-state index contributed by atoms with van der Waals surface area (Å²) in [4.78, 5) is 26.6. The number of hydrogen-bond donors (Lipinski definition) is 1. The first-order valence-corrected chi connectivity index (χ1v) is 8.82. The molecule has 1 N–H and O–H groups in total. The minimum absolute atomic E-state index is 0.0147. The fourth-order valence-corrected chi connectivity index (χ4v) is 3.59. The largest absolute Gasteiger partial charge is 0.352 e. The standard InChI is InChI=1S/C21H24N2O2/c1-16(24)22-19-13-8-14-23(21(25)18-11-6-3-7-12-18)20(19)15-17-9-4-2-5-10-17/h2-7,9-12,19-20H,8,13-15H2,1H3,(H,22,24)/t19-,20-/m0/s1. The quantitative estimate of drug-likeness (QED) is 0.933. The Hall–Kier alpha value is -2.62. The van der Waals surface area contributed by atoms with Gasteiger partial charge in [0.05, 0.1) is 6.04 Å². The minimum Gasteiger partial charge on any atom is -0.352 e. The fourth-order valence-electron chi connectivity index (χ4n) is 3.59. The molecule has 0 unspecified atom stereocenters. The number of likely N-dealkylation sites (tertiary alicyclic amines) is 1. The summed E-state index contributed by atoms with van der Waals surface area (Å²) < 4.78 is 0. The van der Waals surface area contributed by atoms with E-state index in [-0.39, 0.29) is 23.9 Å². The van der Waals surface area contributed by atoms with Gasteiger partial charge in [-0.05, 0) is 37.0 Å². The predicted molar refractivity (Wildman–Crippen MR) is 98.3 cm³/mol. The summed E-state index contributed by atoms with van der Waals surface area (Å²) in [5.41, 5.74) is 1.87.